The van der Waals surface area contributed by atoms with Crippen molar-refractivity contribution in [2.24, 2.45) is 0 Å². The summed E-state index contributed by atoms with van der Waals surface area (Å²) in [5, 5.41) is 0. The molecule has 52 heavy (non-hydrogen) atoms. The number of benzene rings is 6. The fourth-order valence-corrected chi connectivity index (χ4v) is 7.99. The Labute approximate surface area is 306 Å². The van der Waals surface area contributed by atoms with Gasteiger partial charge in [0, 0.05) is 46.9 Å². The van der Waals surface area contributed by atoms with Gasteiger partial charge in [0.2, 0.25) is 0 Å². The van der Waals surface area contributed by atoms with E-state index in [4.69, 9.17) is 28.4 Å². The van der Waals surface area contributed by atoms with Crippen LogP contribution in [0.25, 0.3) is 0 Å². The molecule has 0 radical (unpaired) electrons. The summed E-state index contributed by atoms with van der Waals surface area (Å²) in [5.41, 5.74) is 12.4. The van der Waals surface area contributed by atoms with Gasteiger partial charge in [-0.2, -0.15) is 0 Å². The fraction of sp³-hybridized carbons (Fsp3) is 0.217. The van der Waals surface area contributed by atoms with Crippen LogP contribution in [0.4, 0.5) is 0 Å². The summed E-state index contributed by atoms with van der Waals surface area (Å²) in [5.74, 6) is 5.62. The summed E-state index contributed by atoms with van der Waals surface area (Å²) in [6, 6.07) is 41.7. The minimum atomic E-state index is 0.0788. The van der Waals surface area contributed by atoms with Gasteiger partial charge in [-0.05, 0) is 81.9 Å². The Bertz CT molecular complexity index is 2150. The molecule has 0 amide bonds. The molecule has 1 unspecified atom stereocenters. The maximum absolute atomic E-state index is 5.73. The number of ether oxygens (including phenoxy) is 6. The van der Waals surface area contributed by atoms with Crippen molar-refractivity contribution in [3.8, 4) is 34.5 Å². The molecule has 2 aliphatic rings. The molecule has 0 heterocycles. The van der Waals surface area contributed by atoms with E-state index in [1.807, 2.05) is 48.5 Å². The molecule has 0 saturated carbocycles. The second-order valence-electron chi connectivity index (χ2n) is 12.9. The number of methoxy groups -OCH3 is 6. The van der Waals surface area contributed by atoms with E-state index in [9.17, 15) is 0 Å². The minimum absolute atomic E-state index is 0.0788. The summed E-state index contributed by atoms with van der Waals surface area (Å²) < 4.78 is 33.6. The van der Waals surface area contributed by atoms with Crippen LogP contribution in [0.2, 0.25) is 0 Å². The highest BCUT2D eigenvalue weighted by Gasteiger charge is 2.32. The Kier molecular flexibility index (Phi) is 10.1. The number of fused-ring (bicyclic) bond motifs is 4. The van der Waals surface area contributed by atoms with Crippen LogP contribution in [-0.2, 0) is 12.8 Å². The van der Waals surface area contributed by atoms with Crippen molar-refractivity contribution in [3.63, 3.8) is 0 Å². The second-order valence-corrected chi connectivity index (χ2v) is 12.9. The van der Waals surface area contributed by atoms with Crippen LogP contribution in [-0.4, -0.2) is 42.7 Å². The molecule has 0 spiro atoms. The molecule has 0 aliphatic heterocycles. The van der Waals surface area contributed by atoms with E-state index in [-0.39, 0.29) is 11.8 Å². The van der Waals surface area contributed by atoms with Crippen molar-refractivity contribution in [2.75, 3.05) is 42.7 Å². The van der Waals surface area contributed by atoms with E-state index < -0.39 is 0 Å². The Balaban J connectivity index is 0.000000162. The number of hydrogen-bond donors (Lipinski definition) is 0. The second kappa shape index (κ2) is 15.2. The first kappa shape index (κ1) is 34.6. The van der Waals surface area contributed by atoms with Gasteiger partial charge in [0.1, 0.15) is 34.5 Å². The van der Waals surface area contributed by atoms with E-state index in [2.05, 4.69) is 72.8 Å². The molecule has 264 valence electrons. The lowest BCUT2D eigenvalue weighted by atomic mass is 9.74. The van der Waals surface area contributed by atoms with Crippen molar-refractivity contribution < 1.29 is 28.4 Å². The molecule has 0 N–H and O–H groups in total. The summed E-state index contributed by atoms with van der Waals surface area (Å²) >= 11 is 0. The normalized spacial score (nSPS) is 13.9. The molecule has 0 saturated heterocycles. The van der Waals surface area contributed by atoms with Gasteiger partial charge in [0.05, 0.1) is 42.7 Å². The van der Waals surface area contributed by atoms with E-state index in [0.717, 1.165) is 47.3 Å². The summed E-state index contributed by atoms with van der Waals surface area (Å²) in [6.07, 6.45) is 1.64. The molecular weight excluding hydrogens is 649 g/mol. The maximum atomic E-state index is 5.73. The third-order valence-corrected chi connectivity index (χ3v) is 10.3. The van der Waals surface area contributed by atoms with Crippen molar-refractivity contribution >= 4 is 0 Å². The molecule has 8 rings (SSSR count). The van der Waals surface area contributed by atoms with Crippen LogP contribution in [0.15, 0.2) is 121 Å². The van der Waals surface area contributed by atoms with Gasteiger partial charge < -0.3 is 28.4 Å². The molecule has 0 bridgehead atoms. The van der Waals surface area contributed by atoms with Gasteiger partial charge >= 0.3 is 0 Å². The monoisotopic (exact) mass is 692 g/mol. The van der Waals surface area contributed by atoms with Crippen LogP contribution in [0.1, 0.15) is 67.5 Å². The number of rotatable bonds is 8. The highest BCUT2D eigenvalue weighted by molar-refractivity contribution is 5.63. The molecule has 6 aromatic rings. The Morgan fingerprint density at radius 1 is 0.385 bits per heavy atom. The topological polar surface area (TPSA) is 55.4 Å². The van der Waals surface area contributed by atoms with Crippen LogP contribution >= 0.6 is 0 Å². The Hall–Kier alpha value is -5.88. The SMILES string of the molecule is COc1cccc(C2c3cccc(OC)c3Cc3c(OC)cccc32)c1.COc1cccc(C2c3cccc(OC)c3Cc3cccc(OC)c32)c1. The van der Waals surface area contributed by atoms with Crippen molar-refractivity contribution in [2.45, 2.75) is 24.7 Å². The Morgan fingerprint density at radius 2 is 0.788 bits per heavy atom. The predicted octanol–water partition coefficient (Wildman–Crippen LogP) is 9.59. The highest BCUT2D eigenvalue weighted by atomic mass is 16.5. The zero-order chi connectivity index (χ0) is 36.2. The lowest BCUT2D eigenvalue weighted by Crippen LogP contribution is -2.17. The molecule has 0 aromatic heterocycles. The quantitative estimate of drug-likeness (QED) is 0.158. The first-order valence-electron chi connectivity index (χ1n) is 17.4. The van der Waals surface area contributed by atoms with Gasteiger partial charge in [0.25, 0.3) is 0 Å². The molecule has 0 fully saturated rings. The summed E-state index contributed by atoms with van der Waals surface area (Å²) in [7, 11) is 10.3. The van der Waals surface area contributed by atoms with E-state index in [0.29, 0.717) is 0 Å². The average molecular weight is 693 g/mol. The van der Waals surface area contributed by atoms with Crippen molar-refractivity contribution in [1.82, 2.24) is 0 Å². The van der Waals surface area contributed by atoms with Gasteiger partial charge in [-0.1, -0.05) is 72.8 Å². The predicted molar refractivity (Wildman–Crippen MR) is 205 cm³/mol. The van der Waals surface area contributed by atoms with Gasteiger partial charge in [0.15, 0.2) is 0 Å². The average Bonchev–Trinajstić information content (AvgIpc) is 3.21. The van der Waals surface area contributed by atoms with E-state index in [1.54, 1.807) is 42.7 Å². The van der Waals surface area contributed by atoms with Gasteiger partial charge in [-0.15, -0.1) is 0 Å². The molecule has 2 aliphatic carbocycles. The smallest absolute Gasteiger partial charge is 0.123 e. The van der Waals surface area contributed by atoms with Crippen LogP contribution in [0.5, 0.6) is 34.5 Å². The molecular formula is C46H44O6. The third-order valence-electron chi connectivity index (χ3n) is 10.3. The van der Waals surface area contributed by atoms with E-state index >= 15 is 0 Å². The molecule has 6 heteroatoms. The lowest BCUT2D eigenvalue weighted by Gasteiger charge is -2.31. The first-order valence-corrected chi connectivity index (χ1v) is 17.4. The maximum Gasteiger partial charge on any atom is 0.123 e. The zero-order valence-corrected chi connectivity index (χ0v) is 30.6. The largest absolute Gasteiger partial charge is 0.497 e. The minimum Gasteiger partial charge on any atom is -0.497 e. The van der Waals surface area contributed by atoms with Crippen LogP contribution < -0.4 is 28.4 Å². The standard InChI is InChI=1S/2C23H22O3/c1-24-17-9-4-7-15(13-17)22-18-10-6-11-20(25-2)19(18)14-16-8-5-12-21(26-3)23(16)22;1-24-16-8-4-7-15(13-16)23-17-9-5-11-21(25-2)19(17)14-20-18(23)10-6-12-22(20)26-3/h4-13,22H,14H2,1-3H3;4-13,23H,14H2,1-3H3. The van der Waals surface area contributed by atoms with Gasteiger partial charge in [-0.25, -0.2) is 0 Å². The van der Waals surface area contributed by atoms with Crippen LogP contribution in [0, 0.1) is 0 Å². The van der Waals surface area contributed by atoms with Gasteiger partial charge in [-0.3, -0.25) is 0 Å². The van der Waals surface area contributed by atoms with E-state index in [1.165, 1.54) is 55.6 Å². The summed E-state index contributed by atoms with van der Waals surface area (Å²) in [4.78, 5) is 0. The van der Waals surface area contributed by atoms with Crippen molar-refractivity contribution in [3.05, 3.63) is 177 Å². The summed E-state index contributed by atoms with van der Waals surface area (Å²) in [6.45, 7) is 0. The molecule has 6 aromatic carbocycles. The molecule has 1 atom stereocenters. The number of hydrogen-bond acceptors (Lipinski definition) is 6. The van der Waals surface area contributed by atoms with Crippen molar-refractivity contribution in [1.29, 1.82) is 0 Å². The van der Waals surface area contributed by atoms with Crippen LogP contribution in [0.3, 0.4) is 0 Å². The molecule has 6 nitrogen and oxygen atoms in total. The third kappa shape index (κ3) is 6.30. The fourth-order valence-electron chi connectivity index (χ4n) is 7.99. The lowest BCUT2D eigenvalue weighted by molar-refractivity contribution is 0.402. The zero-order valence-electron chi connectivity index (χ0n) is 30.6. The highest BCUT2D eigenvalue weighted by Crippen LogP contribution is 2.48. The Morgan fingerprint density at radius 3 is 1.27 bits per heavy atom. The first-order chi connectivity index (χ1) is 25.5.